The Morgan fingerprint density at radius 2 is 1.82 bits per heavy atom. The van der Waals surface area contributed by atoms with Crippen LogP contribution in [0.5, 0.6) is 5.75 Å². The molecule has 1 aliphatic rings. The number of nitrogens with zero attached hydrogens (tertiary/aromatic N) is 2. The van der Waals surface area contributed by atoms with Crippen molar-refractivity contribution in [1.82, 2.24) is 4.98 Å². The van der Waals surface area contributed by atoms with Crippen LogP contribution in [0.4, 0.5) is 24.7 Å². The molecule has 2 aromatic carbocycles. The number of pyridine rings is 1. The van der Waals surface area contributed by atoms with Gasteiger partial charge in [-0.1, -0.05) is 18.2 Å². The Hall–Kier alpha value is -3.59. The van der Waals surface area contributed by atoms with Gasteiger partial charge in [0.2, 0.25) is 0 Å². The third-order valence-corrected chi connectivity index (χ3v) is 5.30. The molecule has 0 atom stereocenters. The molecular weight excluding hydrogens is 435 g/mol. The number of anilines is 2. The monoisotopic (exact) mass is 457 g/mol. The average Bonchev–Trinajstić information content (AvgIpc) is 3.34. The highest BCUT2D eigenvalue weighted by Gasteiger charge is 2.31. The predicted octanol–water partition coefficient (Wildman–Crippen LogP) is 4.99. The number of aliphatic hydroxyl groups excluding tert-OH is 1. The lowest BCUT2D eigenvalue weighted by Gasteiger charge is -2.21. The first-order valence-corrected chi connectivity index (χ1v) is 10.4. The number of hydrogen-bond donors (Lipinski definition) is 2. The number of carbonyl (C=O) groups is 1. The molecule has 0 spiro atoms. The first kappa shape index (κ1) is 22.6. The van der Waals surface area contributed by atoms with Gasteiger partial charge < -0.3 is 20.1 Å². The number of alkyl halides is 3. The van der Waals surface area contributed by atoms with Crippen molar-refractivity contribution in [3.8, 4) is 16.9 Å². The highest BCUT2D eigenvalue weighted by atomic mass is 19.4. The van der Waals surface area contributed by atoms with Crippen LogP contribution in [0.1, 0.15) is 28.8 Å². The van der Waals surface area contributed by atoms with Crippen LogP contribution in [0.15, 0.2) is 60.8 Å². The van der Waals surface area contributed by atoms with E-state index in [0.717, 1.165) is 60.6 Å². The largest absolute Gasteiger partial charge is 0.573 e. The molecule has 0 bridgehead atoms. The lowest BCUT2D eigenvalue weighted by molar-refractivity contribution is -0.274. The number of halogens is 3. The molecule has 0 saturated carbocycles. The normalized spacial score (nSPS) is 13.8. The number of aliphatic hydroxyl groups is 1. The molecule has 6 nitrogen and oxygen atoms in total. The van der Waals surface area contributed by atoms with Gasteiger partial charge in [0.1, 0.15) is 11.6 Å². The highest BCUT2D eigenvalue weighted by molar-refractivity contribution is 6.05. The van der Waals surface area contributed by atoms with Crippen LogP contribution in [0.3, 0.4) is 0 Å². The standard InChI is InChI=1S/C24H22F3N3O3/c25-24(26,27)33-20-8-6-19(7-9-20)29-23(32)18-13-21(17-5-3-4-16(12-17)15-31)22(28-14-18)30-10-1-2-11-30/h3-9,12-14,31H,1-2,10-11,15H2,(H,29,32). The fraction of sp³-hybridized carbons (Fsp3) is 0.250. The number of carbonyl (C=O) groups excluding carboxylic acids is 1. The zero-order valence-corrected chi connectivity index (χ0v) is 17.6. The van der Waals surface area contributed by atoms with Crippen molar-refractivity contribution in [2.75, 3.05) is 23.3 Å². The molecule has 0 unspecified atom stereocenters. The van der Waals surface area contributed by atoms with E-state index in [1.165, 1.54) is 18.3 Å². The van der Waals surface area contributed by atoms with Gasteiger partial charge in [-0.25, -0.2) is 4.98 Å². The van der Waals surface area contributed by atoms with Crippen LogP contribution in [-0.2, 0) is 6.61 Å². The van der Waals surface area contributed by atoms with Gasteiger partial charge in [0.15, 0.2) is 0 Å². The fourth-order valence-corrected chi connectivity index (χ4v) is 3.76. The zero-order chi connectivity index (χ0) is 23.4. The molecule has 1 aromatic heterocycles. The number of rotatable bonds is 6. The minimum atomic E-state index is -4.78. The summed E-state index contributed by atoms with van der Waals surface area (Å²) >= 11 is 0. The number of nitrogens with one attached hydrogen (secondary N) is 1. The quantitative estimate of drug-likeness (QED) is 0.546. The van der Waals surface area contributed by atoms with Crippen molar-refractivity contribution in [3.63, 3.8) is 0 Å². The highest BCUT2D eigenvalue weighted by Crippen LogP contribution is 2.33. The maximum absolute atomic E-state index is 12.9. The molecule has 0 radical (unpaired) electrons. The van der Waals surface area contributed by atoms with E-state index in [1.807, 2.05) is 24.3 Å². The van der Waals surface area contributed by atoms with E-state index in [4.69, 9.17) is 0 Å². The Bertz CT molecular complexity index is 1130. The first-order valence-electron chi connectivity index (χ1n) is 10.4. The van der Waals surface area contributed by atoms with E-state index in [0.29, 0.717) is 11.3 Å². The molecule has 33 heavy (non-hydrogen) atoms. The van der Waals surface area contributed by atoms with Crippen molar-refractivity contribution in [2.24, 2.45) is 0 Å². The molecule has 9 heteroatoms. The average molecular weight is 457 g/mol. The van der Waals surface area contributed by atoms with Crippen molar-refractivity contribution < 1.29 is 27.8 Å². The summed E-state index contributed by atoms with van der Waals surface area (Å²) < 4.78 is 40.8. The summed E-state index contributed by atoms with van der Waals surface area (Å²) in [5.41, 5.74) is 2.98. The van der Waals surface area contributed by atoms with Crippen LogP contribution in [-0.4, -0.2) is 35.4 Å². The van der Waals surface area contributed by atoms with Crippen molar-refractivity contribution in [3.05, 3.63) is 71.9 Å². The molecular formula is C24H22F3N3O3. The minimum absolute atomic E-state index is 0.103. The van der Waals surface area contributed by atoms with E-state index in [-0.39, 0.29) is 12.4 Å². The SMILES string of the molecule is O=C(Nc1ccc(OC(F)(F)F)cc1)c1cnc(N2CCCC2)c(-c2cccc(CO)c2)c1. The molecule has 4 rings (SSSR count). The summed E-state index contributed by atoms with van der Waals surface area (Å²) in [6.45, 7) is 1.64. The van der Waals surface area contributed by atoms with Gasteiger partial charge in [-0.2, -0.15) is 0 Å². The maximum atomic E-state index is 12.9. The van der Waals surface area contributed by atoms with Crippen LogP contribution in [0.2, 0.25) is 0 Å². The van der Waals surface area contributed by atoms with Gasteiger partial charge in [-0.3, -0.25) is 4.79 Å². The van der Waals surface area contributed by atoms with Crippen molar-refractivity contribution in [1.29, 1.82) is 0 Å². The lowest BCUT2D eigenvalue weighted by atomic mass is 10.0. The van der Waals surface area contributed by atoms with Gasteiger partial charge in [0.25, 0.3) is 5.91 Å². The molecule has 1 fully saturated rings. The Labute approximate surface area is 188 Å². The number of benzene rings is 2. The Kier molecular flexibility index (Phi) is 6.50. The molecule has 3 aromatic rings. The summed E-state index contributed by atoms with van der Waals surface area (Å²) in [5.74, 6) is -0.0458. The van der Waals surface area contributed by atoms with E-state index in [2.05, 4.69) is 19.9 Å². The van der Waals surface area contributed by atoms with Crippen LogP contribution < -0.4 is 15.0 Å². The van der Waals surface area contributed by atoms with Gasteiger partial charge in [0.05, 0.1) is 12.2 Å². The molecule has 1 amide bonds. The second kappa shape index (κ2) is 9.50. The van der Waals surface area contributed by atoms with E-state index < -0.39 is 12.3 Å². The van der Waals surface area contributed by atoms with Crippen LogP contribution in [0, 0.1) is 0 Å². The molecule has 2 heterocycles. The third kappa shape index (κ3) is 5.61. The Morgan fingerprint density at radius 3 is 2.48 bits per heavy atom. The molecule has 0 aliphatic carbocycles. The maximum Gasteiger partial charge on any atom is 0.573 e. The first-order chi connectivity index (χ1) is 15.8. The second-order valence-electron chi connectivity index (χ2n) is 7.67. The number of aromatic nitrogens is 1. The third-order valence-electron chi connectivity index (χ3n) is 5.30. The lowest BCUT2D eigenvalue weighted by Crippen LogP contribution is -2.21. The van der Waals surface area contributed by atoms with E-state index >= 15 is 0 Å². The molecule has 1 aliphatic heterocycles. The Balaban J connectivity index is 1.60. The van der Waals surface area contributed by atoms with Gasteiger partial charge >= 0.3 is 6.36 Å². The molecule has 1 saturated heterocycles. The molecule has 172 valence electrons. The summed E-state index contributed by atoms with van der Waals surface area (Å²) in [7, 11) is 0. The predicted molar refractivity (Wildman–Crippen MR) is 118 cm³/mol. The van der Waals surface area contributed by atoms with Gasteiger partial charge in [-0.15, -0.1) is 13.2 Å². The number of hydrogen-bond acceptors (Lipinski definition) is 5. The fourth-order valence-electron chi connectivity index (χ4n) is 3.76. The van der Waals surface area contributed by atoms with Crippen LogP contribution in [0.25, 0.3) is 11.1 Å². The van der Waals surface area contributed by atoms with Gasteiger partial charge in [0, 0.05) is 30.5 Å². The van der Waals surface area contributed by atoms with E-state index in [1.54, 1.807) is 6.07 Å². The zero-order valence-electron chi connectivity index (χ0n) is 17.6. The van der Waals surface area contributed by atoms with Crippen LogP contribution >= 0.6 is 0 Å². The van der Waals surface area contributed by atoms with E-state index in [9.17, 15) is 23.1 Å². The number of ether oxygens (including phenoxy) is 1. The van der Waals surface area contributed by atoms with Crippen molar-refractivity contribution >= 4 is 17.4 Å². The smallest absolute Gasteiger partial charge is 0.406 e. The van der Waals surface area contributed by atoms with Gasteiger partial charge in [-0.05, 0) is 60.4 Å². The second-order valence-corrected chi connectivity index (χ2v) is 7.67. The topological polar surface area (TPSA) is 74.7 Å². The summed E-state index contributed by atoms with van der Waals surface area (Å²) in [6.07, 6.45) is -1.16. The Morgan fingerprint density at radius 1 is 1.09 bits per heavy atom. The summed E-state index contributed by atoms with van der Waals surface area (Å²) in [4.78, 5) is 19.6. The summed E-state index contributed by atoms with van der Waals surface area (Å²) in [5, 5.41) is 12.2. The number of amides is 1. The summed E-state index contributed by atoms with van der Waals surface area (Å²) in [6, 6.07) is 14.1. The minimum Gasteiger partial charge on any atom is -0.406 e. The molecule has 2 N–H and O–H groups in total. The van der Waals surface area contributed by atoms with Crippen molar-refractivity contribution in [2.45, 2.75) is 25.8 Å².